The van der Waals surface area contributed by atoms with Gasteiger partial charge in [0.25, 0.3) is 0 Å². The maximum Gasteiger partial charge on any atom is 0.193 e. The second-order valence-corrected chi connectivity index (χ2v) is 12.0. The van der Waals surface area contributed by atoms with E-state index in [0.717, 1.165) is 17.7 Å². The first kappa shape index (κ1) is 22.4. The number of fused-ring (bicyclic) bond motifs is 5. The number of carbonyl (C=O) groups is 2. The lowest BCUT2D eigenvalue weighted by Crippen LogP contribution is -2.61. The topological polar surface area (TPSA) is 85.4 Å². The summed E-state index contributed by atoms with van der Waals surface area (Å²) in [7, 11) is 1.63. The number of aliphatic hydroxyl groups is 1. The molecule has 0 unspecified atom stereocenters. The van der Waals surface area contributed by atoms with E-state index in [4.69, 9.17) is 14.2 Å². The minimum absolute atomic E-state index is 0.0381. The smallest absolute Gasteiger partial charge is 0.193 e. The first-order valence-corrected chi connectivity index (χ1v) is 12.4. The number of carbonyl (C=O) groups excluding carboxylic acids is 2. The monoisotopic (exact) mass is 466 g/mol. The number of hydrogen-bond donors (Lipinski definition) is 1. The highest BCUT2D eigenvalue weighted by Gasteiger charge is 2.84. The third-order valence-corrected chi connectivity index (χ3v) is 9.97. The van der Waals surface area contributed by atoms with Gasteiger partial charge in [0.15, 0.2) is 11.4 Å². The Morgan fingerprint density at radius 2 is 1.88 bits per heavy atom. The Morgan fingerprint density at radius 1 is 1.18 bits per heavy atom. The number of ether oxygens (including phenoxy) is 3. The van der Waals surface area contributed by atoms with Crippen LogP contribution in [-0.2, 0) is 25.7 Å². The molecule has 1 heterocycles. The predicted octanol–water partition coefficient (Wildman–Crippen LogP) is 3.50. The Balaban J connectivity index is 1.34. The third kappa shape index (κ3) is 2.57. The van der Waals surface area contributed by atoms with E-state index in [1.54, 1.807) is 20.1 Å². The fraction of sp³-hybridized carbons (Fsp3) is 0.643. The number of rotatable bonds is 5. The van der Waals surface area contributed by atoms with E-state index in [0.29, 0.717) is 24.5 Å². The molecule has 1 spiro atoms. The minimum Gasteiger partial charge on any atom is -0.497 e. The van der Waals surface area contributed by atoms with Crippen LogP contribution in [0.25, 0.3) is 0 Å². The summed E-state index contributed by atoms with van der Waals surface area (Å²) in [6, 6.07) is 7.67. The standard InChI is InChI=1S/C28H34O6/c1-15-11-27-16(2)10-20-21(25(20,3)4)19(23(27)30)12-26(24(34-26)28(27,31)22(15)29)14-33-13-17-6-8-18(32-5)9-7-17/h6-9,11,16,19-21,24,31H,10,12-14H2,1-5H3/t16-,19+,20-,21+,24-,26+,27+,28-/m1/s1. The Hall–Kier alpha value is -2.02. The molecule has 0 aromatic heterocycles. The van der Waals surface area contributed by atoms with Gasteiger partial charge in [-0.05, 0) is 66.2 Å². The van der Waals surface area contributed by atoms with Crippen LogP contribution >= 0.6 is 0 Å². The zero-order valence-electron chi connectivity index (χ0n) is 20.6. The van der Waals surface area contributed by atoms with Crippen molar-refractivity contribution in [3.05, 3.63) is 41.5 Å². The van der Waals surface area contributed by atoms with Gasteiger partial charge in [-0.3, -0.25) is 9.59 Å². The van der Waals surface area contributed by atoms with E-state index >= 15 is 0 Å². The normalized spacial score (nSPS) is 45.4. The number of Topliss-reactive ketones (excluding diaryl/α,β-unsaturated/α-hetero) is 2. The van der Waals surface area contributed by atoms with Gasteiger partial charge in [0, 0.05) is 5.92 Å². The van der Waals surface area contributed by atoms with Crippen LogP contribution < -0.4 is 4.74 Å². The minimum atomic E-state index is -1.85. The van der Waals surface area contributed by atoms with Gasteiger partial charge < -0.3 is 19.3 Å². The number of ketones is 2. The van der Waals surface area contributed by atoms with Crippen LogP contribution in [-0.4, -0.2) is 47.7 Å². The molecule has 182 valence electrons. The second-order valence-electron chi connectivity index (χ2n) is 12.0. The Bertz CT molecular complexity index is 1100. The molecule has 4 aliphatic carbocycles. The van der Waals surface area contributed by atoms with Gasteiger partial charge in [-0.25, -0.2) is 0 Å². The fourth-order valence-corrected chi connectivity index (χ4v) is 8.08. The van der Waals surface area contributed by atoms with Crippen LogP contribution in [0.5, 0.6) is 5.75 Å². The van der Waals surface area contributed by atoms with Crippen molar-refractivity contribution in [2.24, 2.45) is 34.5 Å². The van der Waals surface area contributed by atoms with Crippen molar-refractivity contribution in [2.75, 3.05) is 13.7 Å². The van der Waals surface area contributed by atoms with E-state index in [9.17, 15) is 14.7 Å². The molecule has 1 saturated heterocycles. The van der Waals surface area contributed by atoms with Crippen LogP contribution in [0.3, 0.4) is 0 Å². The molecule has 34 heavy (non-hydrogen) atoms. The van der Waals surface area contributed by atoms with Crippen LogP contribution in [0.1, 0.15) is 46.1 Å². The first-order chi connectivity index (χ1) is 16.0. The van der Waals surface area contributed by atoms with Gasteiger partial charge in [-0.2, -0.15) is 0 Å². The molecule has 1 aliphatic heterocycles. The van der Waals surface area contributed by atoms with E-state index in [1.165, 1.54) is 0 Å². The maximum atomic E-state index is 14.3. The van der Waals surface area contributed by atoms with Crippen LogP contribution in [0, 0.1) is 34.5 Å². The zero-order chi connectivity index (χ0) is 24.3. The number of benzene rings is 1. The van der Waals surface area contributed by atoms with Crippen molar-refractivity contribution < 1.29 is 28.9 Å². The highest BCUT2D eigenvalue weighted by atomic mass is 16.6. The lowest BCUT2D eigenvalue weighted by molar-refractivity contribution is -0.163. The van der Waals surface area contributed by atoms with Crippen molar-refractivity contribution >= 4 is 11.6 Å². The predicted molar refractivity (Wildman–Crippen MR) is 124 cm³/mol. The Kier molecular flexibility index (Phi) is 4.49. The highest BCUT2D eigenvalue weighted by Crippen LogP contribution is 2.74. The molecule has 1 N–H and O–H groups in total. The van der Waals surface area contributed by atoms with Gasteiger partial charge in [0.2, 0.25) is 0 Å². The van der Waals surface area contributed by atoms with Crippen LogP contribution in [0.4, 0.5) is 0 Å². The van der Waals surface area contributed by atoms with Crippen LogP contribution in [0.15, 0.2) is 35.9 Å². The molecule has 4 fully saturated rings. The van der Waals surface area contributed by atoms with Gasteiger partial charge in [0.05, 0.1) is 25.7 Å². The molecule has 1 aromatic carbocycles. The van der Waals surface area contributed by atoms with Gasteiger partial charge in [-0.1, -0.05) is 39.0 Å². The SMILES string of the molecule is COc1ccc(COC[C@@]23C[C@@H]4C(=O)[C@]5(C=C(C)C(=O)[C@@]5(O)[C@@H]2O3)[C@H](C)C[C@@H]2[C@H]4C2(C)C)cc1. The third-order valence-electron chi connectivity index (χ3n) is 9.97. The maximum absolute atomic E-state index is 14.3. The molecular weight excluding hydrogens is 432 g/mol. The van der Waals surface area contributed by atoms with Gasteiger partial charge in [-0.15, -0.1) is 0 Å². The summed E-state index contributed by atoms with van der Waals surface area (Å²) in [5.41, 5.74) is -2.33. The second kappa shape index (κ2) is 6.80. The molecule has 5 aliphatic rings. The molecule has 8 atom stereocenters. The highest BCUT2D eigenvalue weighted by molar-refractivity contribution is 6.13. The lowest BCUT2D eigenvalue weighted by atomic mass is 9.60. The van der Waals surface area contributed by atoms with E-state index in [-0.39, 0.29) is 41.3 Å². The molecule has 3 saturated carbocycles. The van der Waals surface area contributed by atoms with Gasteiger partial charge >= 0.3 is 0 Å². The quantitative estimate of drug-likeness (QED) is 0.669. The summed E-state index contributed by atoms with van der Waals surface area (Å²) in [6.07, 6.45) is 2.41. The van der Waals surface area contributed by atoms with Gasteiger partial charge in [0.1, 0.15) is 23.2 Å². The summed E-state index contributed by atoms with van der Waals surface area (Å²) in [5.74, 6) is 0.745. The van der Waals surface area contributed by atoms with Crippen molar-refractivity contribution in [1.29, 1.82) is 0 Å². The summed E-state index contributed by atoms with van der Waals surface area (Å²) in [6.45, 7) is 8.87. The number of hydrogen-bond acceptors (Lipinski definition) is 6. The van der Waals surface area contributed by atoms with E-state index in [2.05, 4.69) is 13.8 Å². The largest absolute Gasteiger partial charge is 0.497 e. The number of methoxy groups -OCH3 is 1. The zero-order valence-corrected chi connectivity index (χ0v) is 20.6. The Morgan fingerprint density at radius 3 is 2.56 bits per heavy atom. The Labute approximate surface area is 200 Å². The average Bonchev–Trinajstić information content (AvgIpc) is 3.65. The first-order valence-electron chi connectivity index (χ1n) is 12.4. The number of epoxide rings is 1. The molecule has 0 radical (unpaired) electrons. The lowest BCUT2D eigenvalue weighted by Gasteiger charge is -2.43. The summed E-state index contributed by atoms with van der Waals surface area (Å²) in [4.78, 5) is 27.7. The molecule has 0 amide bonds. The van der Waals surface area contributed by atoms with Crippen molar-refractivity contribution in [1.82, 2.24) is 0 Å². The molecule has 6 rings (SSSR count). The average molecular weight is 467 g/mol. The molecule has 2 bridgehead atoms. The molecular formula is C28H34O6. The van der Waals surface area contributed by atoms with Crippen LogP contribution in [0.2, 0.25) is 0 Å². The summed E-state index contributed by atoms with van der Waals surface area (Å²) in [5, 5.41) is 12.2. The summed E-state index contributed by atoms with van der Waals surface area (Å²) < 4.78 is 17.6. The van der Waals surface area contributed by atoms with Crippen molar-refractivity contribution in [3.63, 3.8) is 0 Å². The summed E-state index contributed by atoms with van der Waals surface area (Å²) >= 11 is 0. The van der Waals surface area contributed by atoms with Crippen molar-refractivity contribution in [2.45, 2.75) is 64.4 Å². The van der Waals surface area contributed by atoms with E-state index < -0.39 is 22.7 Å². The molecule has 6 heteroatoms. The van der Waals surface area contributed by atoms with Crippen molar-refractivity contribution in [3.8, 4) is 5.75 Å². The fourth-order valence-electron chi connectivity index (χ4n) is 8.08. The molecule has 6 nitrogen and oxygen atoms in total. The van der Waals surface area contributed by atoms with E-state index in [1.807, 2.05) is 31.2 Å². The molecule has 1 aromatic rings.